The molecule has 0 amide bonds. The highest BCUT2D eigenvalue weighted by Gasteiger charge is 2.13. The molecule has 1 aromatic carbocycles. The van der Waals surface area contributed by atoms with Gasteiger partial charge in [0.2, 0.25) is 0 Å². The van der Waals surface area contributed by atoms with E-state index in [4.69, 9.17) is 14.6 Å². The fourth-order valence-electron chi connectivity index (χ4n) is 2.12. The maximum absolute atomic E-state index is 10.6. The molecule has 0 aliphatic heterocycles. The predicted octanol–water partition coefficient (Wildman–Crippen LogP) is 2.73. The first-order chi connectivity index (χ1) is 11.0. The van der Waals surface area contributed by atoms with Crippen LogP contribution in [0.4, 0.5) is 0 Å². The minimum atomic E-state index is -0.793. The van der Waals surface area contributed by atoms with Gasteiger partial charge < -0.3 is 14.6 Å². The van der Waals surface area contributed by atoms with Crippen LogP contribution in [0.5, 0.6) is 11.5 Å². The van der Waals surface area contributed by atoms with E-state index in [9.17, 15) is 4.79 Å². The number of methoxy groups -OCH3 is 2. The van der Waals surface area contributed by atoms with Gasteiger partial charge in [0.1, 0.15) is 16.5 Å². The van der Waals surface area contributed by atoms with Crippen LogP contribution in [0.25, 0.3) is 10.6 Å². The van der Waals surface area contributed by atoms with Gasteiger partial charge in [0.15, 0.2) is 0 Å². The molecule has 2 aromatic rings. The van der Waals surface area contributed by atoms with Gasteiger partial charge >= 0.3 is 5.97 Å². The Balaban J connectivity index is 2.11. The number of carboxylic acid groups (broad SMARTS) is 1. The van der Waals surface area contributed by atoms with Gasteiger partial charge in [0, 0.05) is 24.5 Å². The van der Waals surface area contributed by atoms with Gasteiger partial charge in [-0.1, -0.05) is 0 Å². The Morgan fingerprint density at radius 1 is 1.35 bits per heavy atom. The van der Waals surface area contributed by atoms with Gasteiger partial charge in [-0.3, -0.25) is 9.69 Å². The zero-order valence-corrected chi connectivity index (χ0v) is 14.2. The Bertz CT molecular complexity index is 672. The second kappa shape index (κ2) is 7.94. The summed E-state index contributed by atoms with van der Waals surface area (Å²) in [5.41, 5.74) is 1.83. The Hall–Kier alpha value is -2.12. The first-order valence-corrected chi connectivity index (χ1v) is 7.98. The van der Waals surface area contributed by atoms with Crippen LogP contribution in [-0.4, -0.2) is 48.8 Å². The third kappa shape index (κ3) is 4.67. The lowest BCUT2D eigenvalue weighted by molar-refractivity contribution is -0.137. The zero-order valence-electron chi connectivity index (χ0n) is 13.4. The number of hydrogen-bond donors (Lipinski definition) is 1. The quantitative estimate of drug-likeness (QED) is 0.799. The Labute approximate surface area is 139 Å². The SMILES string of the molecule is COc1ccc(-c2nc(CN(C)CCC(=O)O)cs2)c(OC)c1. The van der Waals surface area contributed by atoms with Crippen molar-refractivity contribution in [3.05, 3.63) is 29.3 Å². The predicted molar refractivity (Wildman–Crippen MR) is 89.2 cm³/mol. The maximum Gasteiger partial charge on any atom is 0.304 e. The molecule has 6 nitrogen and oxygen atoms in total. The summed E-state index contributed by atoms with van der Waals surface area (Å²) in [6, 6.07) is 5.63. The van der Waals surface area contributed by atoms with Gasteiger partial charge in [0.25, 0.3) is 0 Å². The molecule has 0 bridgehead atoms. The van der Waals surface area contributed by atoms with Crippen molar-refractivity contribution in [1.82, 2.24) is 9.88 Å². The average molecular weight is 336 g/mol. The van der Waals surface area contributed by atoms with E-state index in [1.165, 1.54) is 11.3 Å². The van der Waals surface area contributed by atoms with Gasteiger partial charge in [-0.2, -0.15) is 0 Å². The largest absolute Gasteiger partial charge is 0.497 e. The molecule has 0 fully saturated rings. The number of ether oxygens (including phenoxy) is 2. The van der Waals surface area contributed by atoms with Gasteiger partial charge in [-0.05, 0) is 19.2 Å². The highest BCUT2D eigenvalue weighted by Crippen LogP contribution is 2.35. The minimum absolute atomic E-state index is 0.125. The molecule has 0 radical (unpaired) electrons. The van der Waals surface area contributed by atoms with Crippen molar-refractivity contribution < 1.29 is 19.4 Å². The van der Waals surface area contributed by atoms with E-state index in [1.807, 2.05) is 35.5 Å². The van der Waals surface area contributed by atoms with Gasteiger partial charge in [-0.15, -0.1) is 11.3 Å². The standard InChI is InChI=1S/C16H20N2O4S/c1-18(7-6-15(19)20)9-11-10-23-16(17-11)13-5-4-12(21-2)8-14(13)22-3/h4-5,8,10H,6-7,9H2,1-3H3,(H,19,20). The van der Waals surface area contributed by atoms with Crippen LogP contribution >= 0.6 is 11.3 Å². The molecular formula is C16H20N2O4S. The molecule has 124 valence electrons. The number of aromatic nitrogens is 1. The molecule has 23 heavy (non-hydrogen) atoms. The number of aliphatic carboxylic acids is 1. The van der Waals surface area contributed by atoms with E-state index in [1.54, 1.807) is 14.2 Å². The molecule has 0 atom stereocenters. The van der Waals surface area contributed by atoms with E-state index in [0.717, 1.165) is 22.0 Å². The summed E-state index contributed by atoms with van der Waals surface area (Å²) < 4.78 is 10.6. The third-order valence-electron chi connectivity index (χ3n) is 3.33. The van der Waals surface area contributed by atoms with E-state index in [0.29, 0.717) is 18.8 Å². The number of thiazole rings is 1. The lowest BCUT2D eigenvalue weighted by atomic mass is 10.2. The fraction of sp³-hybridized carbons (Fsp3) is 0.375. The molecule has 1 N–H and O–H groups in total. The van der Waals surface area contributed by atoms with Crippen LogP contribution in [0, 0.1) is 0 Å². The average Bonchev–Trinajstić information content (AvgIpc) is 3.00. The number of benzene rings is 1. The monoisotopic (exact) mass is 336 g/mol. The Morgan fingerprint density at radius 2 is 2.13 bits per heavy atom. The number of carbonyl (C=O) groups is 1. The summed E-state index contributed by atoms with van der Waals surface area (Å²) in [7, 11) is 5.12. The van der Waals surface area contributed by atoms with Crippen molar-refractivity contribution in [3.63, 3.8) is 0 Å². The first kappa shape index (κ1) is 17.2. The van der Waals surface area contributed by atoms with Crippen molar-refractivity contribution in [2.75, 3.05) is 27.8 Å². The lowest BCUT2D eigenvalue weighted by Gasteiger charge is -2.13. The molecule has 7 heteroatoms. The zero-order chi connectivity index (χ0) is 16.8. The Kier molecular flexibility index (Phi) is 5.95. The van der Waals surface area contributed by atoms with Crippen LogP contribution in [-0.2, 0) is 11.3 Å². The van der Waals surface area contributed by atoms with Crippen molar-refractivity contribution in [2.24, 2.45) is 0 Å². The van der Waals surface area contributed by atoms with Gasteiger partial charge in [-0.25, -0.2) is 4.98 Å². The highest BCUT2D eigenvalue weighted by molar-refractivity contribution is 7.13. The second-order valence-electron chi connectivity index (χ2n) is 5.09. The molecule has 0 saturated carbocycles. The minimum Gasteiger partial charge on any atom is -0.497 e. The van der Waals surface area contributed by atoms with Crippen LogP contribution in [0.1, 0.15) is 12.1 Å². The molecule has 0 aliphatic rings. The molecule has 1 heterocycles. The summed E-state index contributed by atoms with van der Waals surface area (Å²) in [4.78, 5) is 17.2. The van der Waals surface area contributed by atoms with Crippen molar-refractivity contribution in [1.29, 1.82) is 0 Å². The van der Waals surface area contributed by atoms with Gasteiger partial charge in [0.05, 0.1) is 31.9 Å². The highest BCUT2D eigenvalue weighted by atomic mass is 32.1. The molecule has 0 unspecified atom stereocenters. The molecule has 2 rings (SSSR count). The van der Waals surface area contributed by atoms with Crippen molar-refractivity contribution in [3.8, 4) is 22.1 Å². The normalized spacial score (nSPS) is 10.8. The summed E-state index contributed by atoms with van der Waals surface area (Å²) in [6.07, 6.45) is 0.125. The molecule has 1 aromatic heterocycles. The summed E-state index contributed by atoms with van der Waals surface area (Å²) in [5.74, 6) is 0.652. The van der Waals surface area contributed by atoms with Crippen LogP contribution in [0.3, 0.4) is 0 Å². The molecular weight excluding hydrogens is 316 g/mol. The molecule has 0 aliphatic carbocycles. The topological polar surface area (TPSA) is 71.9 Å². The lowest BCUT2D eigenvalue weighted by Crippen LogP contribution is -2.21. The number of nitrogens with zero attached hydrogens (tertiary/aromatic N) is 2. The number of hydrogen-bond acceptors (Lipinski definition) is 6. The number of carboxylic acids is 1. The first-order valence-electron chi connectivity index (χ1n) is 7.10. The Morgan fingerprint density at radius 3 is 2.78 bits per heavy atom. The van der Waals surface area contributed by atoms with Crippen LogP contribution in [0.2, 0.25) is 0 Å². The van der Waals surface area contributed by atoms with E-state index in [-0.39, 0.29) is 6.42 Å². The van der Waals surface area contributed by atoms with E-state index in [2.05, 4.69) is 4.98 Å². The summed E-state index contributed by atoms with van der Waals surface area (Å²) in [6.45, 7) is 1.11. The fourth-order valence-corrected chi connectivity index (χ4v) is 2.96. The maximum atomic E-state index is 10.6. The van der Waals surface area contributed by atoms with E-state index < -0.39 is 5.97 Å². The number of rotatable bonds is 8. The van der Waals surface area contributed by atoms with Crippen molar-refractivity contribution in [2.45, 2.75) is 13.0 Å². The van der Waals surface area contributed by atoms with Crippen molar-refractivity contribution >= 4 is 17.3 Å². The smallest absolute Gasteiger partial charge is 0.304 e. The summed E-state index contributed by atoms with van der Waals surface area (Å²) >= 11 is 1.54. The third-order valence-corrected chi connectivity index (χ3v) is 4.25. The van der Waals surface area contributed by atoms with E-state index >= 15 is 0 Å². The molecule has 0 saturated heterocycles. The molecule has 0 spiro atoms. The van der Waals surface area contributed by atoms with Crippen LogP contribution < -0.4 is 9.47 Å². The summed E-state index contributed by atoms with van der Waals surface area (Å²) in [5, 5.41) is 11.6. The second-order valence-corrected chi connectivity index (χ2v) is 5.95. The van der Waals surface area contributed by atoms with Crippen LogP contribution in [0.15, 0.2) is 23.6 Å².